The topological polar surface area (TPSA) is 65.1 Å². The average Bonchev–Trinajstić information content (AvgIpc) is 2.75. The Kier molecular flexibility index (Phi) is 6.87. The Hall–Kier alpha value is -2.15. The highest BCUT2D eigenvalue weighted by atomic mass is 32.1. The van der Waals surface area contributed by atoms with Crippen molar-refractivity contribution in [3.63, 3.8) is 0 Å². The second kappa shape index (κ2) is 9.77. The van der Waals surface area contributed by atoms with Gasteiger partial charge < -0.3 is 20.9 Å². The van der Waals surface area contributed by atoms with E-state index >= 15 is 0 Å². The molecule has 0 saturated heterocycles. The molecule has 1 aromatic heterocycles. The quantitative estimate of drug-likeness (QED) is 0.619. The number of benzene rings is 1. The van der Waals surface area contributed by atoms with Gasteiger partial charge in [0, 0.05) is 37.6 Å². The van der Waals surface area contributed by atoms with Crippen LogP contribution in [0.1, 0.15) is 57.8 Å². The second-order valence-electron chi connectivity index (χ2n) is 8.93. The van der Waals surface area contributed by atoms with E-state index in [0.717, 1.165) is 53.5 Å². The summed E-state index contributed by atoms with van der Waals surface area (Å²) in [4.78, 5) is 11.6. The summed E-state index contributed by atoms with van der Waals surface area (Å²) in [6.07, 6.45) is 10.9. The largest absolute Gasteiger partial charge is 0.362 e. The third-order valence-electron chi connectivity index (χ3n) is 6.34. The maximum Gasteiger partial charge on any atom is 0.225 e. The van der Waals surface area contributed by atoms with Gasteiger partial charge in [-0.05, 0) is 62.9 Å². The SMILES string of the molecule is CN(C)c1nc(N[C@H]2CC[C@@H](NC(=S)NC3CCCCC3)CC2)nc2ccccc12. The van der Waals surface area contributed by atoms with Crippen LogP contribution in [0.5, 0.6) is 0 Å². The highest BCUT2D eigenvalue weighted by molar-refractivity contribution is 7.80. The van der Waals surface area contributed by atoms with E-state index < -0.39 is 0 Å². The first kappa shape index (κ1) is 21.1. The van der Waals surface area contributed by atoms with Crippen LogP contribution in [0.3, 0.4) is 0 Å². The fourth-order valence-corrected chi connectivity index (χ4v) is 5.02. The van der Waals surface area contributed by atoms with E-state index in [1.165, 1.54) is 32.1 Å². The van der Waals surface area contributed by atoms with Crippen molar-refractivity contribution in [3.05, 3.63) is 24.3 Å². The predicted octanol–water partition coefficient (Wildman–Crippen LogP) is 4.22. The van der Waals surface area contributed by atoms with Crippen molar-refractivity contribution in [1.82, 2.24) is 20.6 Å². The Labute approximate surface area is 185 Å². The van der Waals surface area contributed by atoms with Gasteiger partial charge in [-0.25, -0.2) is 4.98 Å². The first-order chi connectivity index (χ1) is 14.6. The summed E-state index contributed by atoms with van der Waals surface area (Å²) in [6.45, 7) is 0. The Morgan fingerprint density at radius 1 is 0.867 bits per heavy atom. The van der Waals surface area contributed by atoms with Crippen LogP contribution >= 0.6 is 12.2 Å². The number of anilines is 2. The van der Waals surface area contributed by atoms with Crippen molar-refractivity contribution >= 4 is 40.0 Å². The lowest BCUT2D eigenvalue weighted by molar-refractivity contribution is 0.376. The normalized spacial score (nSPS) is 22.5. The van der Waals surface area contributed by atoms with E-state index in [4.69, 9.17) is 22.2 Å². The van der Waals surface area contributed by atoms with Gasteiger partial charge in [0.05, 0.1) is 5.52 Å². The van der Waals surface area contributed by atoms with Gasteiger partial charge in [-0.1, -0.05) is 31.4 Å². The van der Waals surface area contributed by atoms with Crippen LogP contribution in [0, 0.1) is 0 Å². The molecule has 1 aromatic carbocycles. The number of aromatic nitrogens is 2. The molecule has 7 heteroatoms. The molecule has 2 aliphatic rings. The smallest absolute Gasteiger partial charge is 0.225 e. The van der Waals surface area contributed by atoms with E-state index in [2.05, 4.69) is 33.0 Å². The van der Waals surface area contributed by atoms with Crippen molar-refractivity contribution in [2.75, 3.05) is 24.3 Å². The van der Waals surface area contributed by atoms with Crippen LogP contribution in [0.25, 0.3) is 10.9 Å². The van der Waals surface area contributed by atoms with Crippen LogP contribution in [0.2, 0.25) is 0 Å². The Morgan fingerprint density at radius 2 is 1.50 bits per heavy atom. The summed E-state index contributed by atoms with van der Waals surface area (Å²) in [6, 6.07) is 9.62. The Balaban J connectivity index is 1.30. The number of rotatable bonds is 5. The summed E-state index contributed by atoms with van der Waals surface area (Å²) in [5, 5.41) is 12.6. The molecule has 2 saturated carbocycles. The molecule has 0 atom stereocenters. The lowest BCUT2D eigenvalue weighted by atomic mass is 9.91. The van der Waals surface area contributed by atoms with Gasteiger partial charge in [-0.3, -0.25) is 0 Å². The summed E-state index contributed by atoms with van der Waals surface area (Å²) in [5.41, 5.74) is 0.980. The van der Waals surface area contributed by atoms with Crippen molar-refractivity contribution in [1.29, 1.82) is 0 Å². The molecular weight excluding hydrogens is 392 g/mol. The highest BCUT2D eigenvalue weighted by Gasteiger charge is 2.23. The first-order valence-corrected chi connectivity index (χ1v) is 11.8. The predicted molar refractivity (Wildman–Crippen MR) is 129 cm³/mol. The Bertz CT molecular complexity index is 856. The van der Waals surface area contributed by atoms with Gasteiger partial charge in [0.2, 0.25) is 5.95 Å². The van der Waals surface area contributed by atoms with E-state index in [0.29, 0.717) is 18.1 Å². The fourth-order valence-electron chi connectivity index (χ4n) is 4.69. The molecule has 0 bridgehead atoms. The van der Waals surface area contributed by atoms with E-state index in [1.54, 1.807) is 0 Å². The minimum atomic E-state index is 0.402. The lowest BCUT2D eigenvalue weighted by Crippen LogP contribution is -2.48. The van der Waals surface area contributed by atoms with E-state index in [1.807, 2.05) is 26.2 Å². The van der Waals surface area contributed by atoms with Crippen LogP contribution in [-0.2, 0) is 0 Å². The molecule has 30 heavy (non-hydrogen) atoms. The number of thiocarbonyl (C=S) groups is 1. The molecule has 6 nitrogen and oxygen atoms in total. The summed E-state index contributed by atoms with van der Waals surface area (Å²) >= 11 is 5.57. The molecule has 0 amide bonds. The first-order valence-electron chi connectivity index (χ1n) is 11.4. The van der Waals surface area contributed by atoms with Gasteiger partial charge in [0.25, 0.3) is 0 Å². The van der Waals surface area contributed by atoms with Crippen LogP contribution in [0.4, 0.5) is 11.8 Å². The molecule has 2 aliphatic carbocycles. The van der Waals surface area contributed by atoms with Gasteiger partial charge in [0.1, 0.15) is 5.82 Å². The summed E-state index contributed by atoms with van der Waals surface area (Å²) < 4.78 is 0. The monoisotopic (exact) mass is 426 g/mol. The number of hydrogen-bond acceptors (Lipinski definition) is 5. The zero-order valence-corrected chi connectivity index (χ0v) is 19.0. The minimum Gasteiger partial charge on any atom is -0.362 e. The molecule has 3 N–H and O–H groups in total. The molecule has 4 rings (SSSR count). The molecule has 0 unspecified atom stereocenters. The maximum absolute atomic E-state index is 5.57. The molecule has 0 spiro atoms. The standard InChI is InChI=1S/C23H34N6S/c1-29(2)21-19-10-6-7-11-20(19)27-22(28-21)24-17-12-14-18(15-13-17)26-23(30)25-16-8-4-3-5-9-16/h6-7,10-11,16-18H,3-5,8-9,12-15H2,1-2H3,(H,24,27,28)(H2,25,26,30)/t17-,18+. The molecule has 0 aliphatic heterocycles. The number of para-hydroxylation sites is 1. The minimum absolute atomic E-state index is 0.402. The fraction of sp³-hybridized carbons (Fsp3) is 0.609. The van der Waals surface area contributed by atoms with Crippen molar-refractivity contribution in [2.45, 2.75) is 75.9 Å². The molecule has 162 valence electrons. The van der Waals surface area contributed by atoms with Crippen molar-refractivity contribution in [2.24, 2.45) is 0 Å². The van der Waals surface area contributed by atoms with Gasteiger partial charge in [-0.15, -0.1) is 0 Å². The third kappa shape index (κ3) is 5.31. The maximum atomic E-state index is 5.57. The second-order valence-corrected chi connectivity index (χ2v) is 9.34. The summed E-state index contributed by atoms with van der Waals surface area (Å²) in [5.74, 6) is 1.68. The Morgan fingerprint density at radius 3 is 2.20 bits per heavy atom. The zero-order chi connectivity index (χ0) is 20.9. The highest BCUT2D eigenvalue weighted by Crippen LogP contribution is 2.26. The van der Waals surface area contributed by atoms with Crippen molar-refractivity contribution < 1.29 is 0 Å². The van der Waals surface area contributed by atoms with Gasteiger partial charge in [-0.2, -0.15) is 4.98 Å². The van der Waals surface area contributed by atoms with E-state index in [9.17, 15) is 0 Å². The molecule has 2 aromatic rings. The number of nitrogens with zero attached hydrogens (tertiary/aromatic N) is 3. The molecule has 0 radical (unpaired) electrons. The van der Waals surface area contributed by atoms with Crippen LogP contribution in [0.15, 0.2) is 24.3 Å². The average molecular weight is 427 g/mol. The number of nitrogens with one attached hydrogen (secondary N) is 3. The summed E-state index contributed by atoms with van der Waals surface area (Å²) in [7, 11) is 4.05. The molecular formula is C23H34N6S. The van der Waals surface area contributed by atoms with Gasteiger partial charge in [0.15, 0.2) is 5.11 Å². The van der Waals surface area contributed by atoms with Crippen LogP contribution in [-0.4, -0.2) is 47.3 Å². The van der Waals surface area contributed by atoms with Crippen molar-refractivity contribution in [3.8, 4) is 0 Å². The third-order valence-corrected chi connectivity index (χ3v) is 6.58. The van der Waals surface area contributed by atoms with E-state index in [-0.39, 0.29) is 0 Å². The zero-order valence-electron chi connectivity index (χ0n) is 18.2. The van der Waals surface area contributed by atoms with Crippen LogP contribution < -0.4 is 20.9 Å². The number of hydrogen-bond donors (Lipinski definition) is 3. The van der Waals surface area contributed by atoms with Gasteiger partial charge >= 0.3 is 0 Å². The lowest BCUT2D eigenvalue weighted by Gasteiger charge is -2.32. The number of fused-ring (bicyclic) bond motifs is 1. The molecule has 1 heterocycles. The molecule has 2 fully saturated rings.